The smallest absolute Gasteiger partial charge is 0.0850 e. The normalized spacial score (nSPS) is 19.8. The molecule has 0 spiro atoms. The second-order valence-electron chi connectivity index (χ2n) is 6.20. The zero-order chi connectivity index (χ0) is 14.9. The third-order valence-corrected chi connectivity index (χ3v) is 5.40. The van der Waals surface area contributed by atoms with Crippen molar-refractivity contribution in [2.75, 3.05) is 14.1 Å². The second kappa shape index (κ2) is 6.04. The molecule has 0 amide bonds. The largest absolute Gasteiger partial charge is 0.326 e. The molecular weight excluding hydrogens is 272 g/mol. The molecule has 1 unspecified atom stereocenters. The Morgan fingerprint density at radius 2 is 2.00 bits per heavy atom. The van der Waals surface area contributed by atoms with E-state index in [9.17, 15) is 0 Å². The molecule has 1 fully saturated rings. The number of aromatic nitrogens is 2. The summed E-state index contributed by atoms with van der Waals surface area (Å²) in [6.45, 7) is 2.08. The maximum atomic E-state index is 6.59. The first-order valence-electron chi connectivity index (χ1n) is 7.55. The first-order chi connectivity index (χ1) is 9.42. The summed E-state index contributed by atoms with van der Waals surface area (Å²) in [6, 6.07) is 0.0950. The number of nitrogens with two attached hydrogens (primary N) is 1. The van der Waals surface area contributed by atoms with Crippen molar-refractivity contribution in [1.82, 2.24) is 14.7 Å². The average Bonchev–Trinajstić information content (AvgIpc) is 2.99. The number of hydrogen-bond acceptors (Lipinski definition) is 3. The van der Waals surface area contributed by atoms with Crippen molar-refractivity contribution in [2.24, 2.45) is 12.8 Å². The molecule has 1 atom stereocenters. The molecule has 5 heteroatoms. The highest BCUT2D eigenvalue weighted by Crippen LogP contribution is 2.37. The number of hydrogen-bond donors (Lipinski definition) is 1. The molecule has 1 aromatic heterocycles. The number of rotatable bonds is 5. The van der Waals surface area contributed by atoms with Crippen LogP contribution in [0.1, 0.15) is 44.0 Å². The van der Waals surface area contributed by atoms with Crippen LogP contribution in [0.5, 0.6) is 0 Å². The van der Waals surface area contributed by atoms with Crippen LogP contribution in [0.15, 0.2) is 0 Å². The zero-order valence-corrected chi connectivity index (χ0v) is 13.9. The van der Waals surface area contributed by atoms with Gasteiger partial charge in [0.25, 0.3) is 0 Å². The van der Waals surface area contributed by atoms with Crippen LogP contribution in [0.4, 0.5) is 0 Å². The lowest BCUT2D eigenvalue weighted by atomic mass is 9.84. The highest BCUT2D eigenvalue weighted by molar-refractivity contribution is 6.31. The Balaban J connectivity index is 2.23. The summed E-state index contributed by atoms with van der Waals surface area (Å²) in [4.78, 5) is 2.32. The van der Waals surface area contributed by atoms with Crippen LogP contribution in [0, 0.1) is 0 Å². The monoisotopic (exact) mass is 298 g/mol. The van der Waals surface area contributed by atoms with Gasteiger partial charge in [-0.15, -0.1) is 0 Å². The van der Waals surface area contributed by atoms with Gasteiger partial charge in [0.2, 0.25) is 0 Å². The Hall–Kier alpha value is -0.580. The fourth-order valence-electron chi connectivity index (χ4n) is 3.58. The van der Waals surface area contributed by atoms with Gasteiger partial charge in [0.15, 0.2) is 0 Å². The third-order valence-electron chi connectivity index (χ3n) is 4.97. The van der Waals surface area contributed by atoms with E-state index in [1.54, 1.807) is 0 Å². The predicted molar refractivity (Wildman–Crippen MR) is 84.2 cm³/mol. The predicted octanol–water partition coefficient (Wildman–Crippen LogP) is 2.38. The number of nitrogens with zero attached hydrogens (tertiary/aromatic N) is 3. The molecule has 2 N–H and O–H groups in total. The molecular formula is C15H27ClN4. The van der Waals surface area contributed by atoms with E-state index in [0.29, 0.717) is 0 Å². The summed E-state index contributed by atoms with van der Waals surface area (Å²) >= 11 is 6.45. The molecule has 0 aromatic carbocycles. The molecule has 4 nitrogen and oxygen atoms in total. The van der Waals surface area contributed by atoms with E-state index in [4.69, 9.17) is 17.3 Å². The van der Waals surface area contributed by atoms with Gasteiger partial charge < -0.3 is 10.6 Å². The minimum atomic E-state index is 0.0950. The van der Waals surface area contributed by atoms with Crippen LogP contribution in [-0.4, -0.2) is 40.4 Å². The van der Waals surface area contributed by atoms with Gasteiger partial charge in [-0.05, 0) is 33.4 Å². The highest BCUT2D eigenvalue weighted by Gasteiger charge is 2.41. The molecule has 1 aliphatic carbocycles. The summed E-state index contributed by atoms with van der Waals surface area (Å²) in [5, 5.41) is 5.29. The number of halogens is 1. The SMILES string of the molecule is CCc1nn(C)c(CC(N)C2(N(C)C)CCCC2)c1Cl. The van der Waals surface area contributed by atoms with Gasteiger partial charge in [-0.2, -0.15) is 5.10 Å². The zero-order valence-electron chi connectivity index (χ0n) is 13.1. The molecule has 2 rings (SSSR count). The molecule has 1 aromatic rings. The Kier molecular flexibility index (Phi) is 4.77. The lowest BCUT2D eigenvalue weighted by molar-refractivity contribution is 0.122. The first-order valence-corrected chi connectivity index (χ1v) is 7.93. The fourth-order valence-corrected chi connectivity index (χ4v) is 3.95. The van der Waals surface area contributed by atoms with Gasteiger partial charge in [-0.25, -0.2) is 0 Å². The molecule has 1 saturated carbocycles. The molecule has 0 aliphatic heterocycles. The topological polar surface area (TPSA) is 47.1 Å². The molecule has 20 heavy (non-hydrogen) atoms. The van der Waals surface area contributed by atoms with Crippen LogP contribution in [0.2, 0.25) is 5.02 Å². The van der Waals surface area contributed by atoms with Crippen LogP contribution in [-0.2, 0) is 19.9 Å². The molecule has 0 saturated heterocycles. The Bertz CT molecular complexity index is 461. The highest BCUT2D eigenvalue weighted by atomic mass is 35.5. The Morgan fingerprint density at radius 1 is 1.40 bits per heavy atom. The van der Waals surface area contributed by atoms with Crippen LogP contribution >= 0.6 is 11.6 Å². The van der Waals surface area contributed by atoms with Crippen molar-refractivity contribution in [3.05, 3.63) is 16.4 Å². The molecule has 1 heterocycles. The van der Waals surface area contributed by atoms with Crippen molar-refractivity contribution in [2.45, 2.75) is 57.0 Å². The van der Waals surface area contributed by atoms with Crippen molar-refractivity contribution in [3.8, 4) is 0 Å². The van der Waals surface area contributed by atoms with Gasteiger partial charge in [0, 0.05) is 25.0 Å². The summed E-state index contributed by atoms with van der Waals surface area (Å²) < 4.78 is 1.90. The van der Waals surface area contributed by atoms with Crippen molar-refractivity contribution in [3.63, 3.8) is 0 Å². The molecule has 0 bridgehead atoms. The fraction of sp³-hybridized carbons (Fsp3) is 0.800. The molecule has 1 aliphatic rings. The summed E-state index contributed by atoms with van der Waals surface area (Å²) in [7, 11) is 6.26. The van der Waals surface area contributed by atoms with E-state index in [-0.39, 0.29) is 11.6 Å². The van der Waals surface area contributed by atoms with E-state index in [1.165, 1.54) is 25.7 Å². The van der Waals surface area contributed by atoms with Gasteiger partial charge >= 0.3 is 0 Å². The van der Waals surface area contributed by atoms with Gasteiger partial charge in [-0.1, -0.05) is 31.4 Å². The quantitative estimate of drug-likeness (QED) is 0.908. The maximum Gasteiger partial charge on any atom is 0.0850 e. The van der Waals surface area contributed by atoms with Crippen LogP contribution in [0.25, 0.3) is 0 Å². The second-order valence-corrected chi connectivity index (χ2v) is 6.58. The van der Waals surface area contributed by atoms with Crippen molar-refractivity contribution >= 4 is 11.6 Å². The standard InChI is InChI=1S/C15H27ClN4/c1-5-11-14(16)12(20(4)18-11)10-13(17)15(19(2)3)8-6-7-9-15/h13H,5-10,17H2,1-4H3. The minimum absolute atomic E-state index is 0.0950. The summed E-state index contributed by atoms with van der Waals surface area (Å²) in [6.07, 6.45) is 6.55. The Labute approximate surface area is 127 Å². The number of aryl methyl sites for hydroxylation is 2. The first kappa shape index (κ1) is 15.8. The van der Waals surface area contributed by atoms with Crippen molar-refractivity contribution in [1.29, 1.82) is 0 Å². The van der Waals surface area contributed by atoms with Gasteiger partial charge in [0.1, 0.15) is 0 Å². The minimum Gasteiger partial charge on any atom is -0.326 e. The van der Waals surface area contributed by atoms with E-state index in [1.807, 2.05) is 11.7 Å². The lowest BCUT2D eigenvalue weighted by Gasteiger charge is -2.41. The van der Waals surface area contributed by atoms with Crippen LogP contribution < -0.4 is 5.73 Å². The molecule has 114 valence electrons. The average molecular weight is 299 g/mol. The van der Waals surface area contributed by atoms with Crippen LogP contribution in [0.3, 0.4) is 0 Å². The lowest BCUT2D eigenvalue weighted by Crippen LogP contribution is -2.56. The van der Waals surface area contributed by atoms with Gasteiger partial charge in [0.05, 0.1) is 16.4 Å². The van der Waals surface area contributed by atoms with Crippen molar-refractivity contribution < 1.29 is 0 Å². The third kappa shape index (κ3) is 2.61. The van der Waals surface area contributed by atoms with E-state index in [2.05, 4.69) is 31.0 Å². The van der Waals surface area contributed by atoms with Gasteiger partial charge in [-0.3, -0.25) is 4.68 Å². The number of likely N-dealkylation sites (N-methyl/N-ethyl adjacent to an activating group) is 1. The van der Waals surface area contributed by atoms with E-state index in [0.717, 1.165) is 29.3 Å². The Morgan fingerprint density at radius 3 is 2.45 bits per heavy atom. The molecule has 0 radical (unpaired) electrons. The maximum absolute atomic E-state index is 6.59. The van der Waals surface area contributed by atoms with E-state index >= 15 is 0 Å². The summed E-state index contributed by atoms with van der Waals surface area (Å²) in [5.74, 6) is 0. The summed E-state index contributed by atoms with van der Waals surface area (Å²) in [5.41, 5.74) is 8.75. The van der Waals surface area contributed by atoms with E-state index < -0.39 is 0 Å².